The van der Waals surface area contributed by atoms with E-state index >= 15 is 0 Å². The molecule has 156 valence electrons. The Morgan fingerprint density at radius 3 is 2.86 bits per heavy atom. The Labute approximate surface area is 165 Å². The van der Waals surface area contributed by atoms with Crippen LogP contribution in [0.2, 0.25) is 0 Å². The number of nitrogens with zero attached hydrogens (tertiary/aromatic N) is 3. The summed E-state index contributed by atoms with van der Waals surface area (Å²) in [6.45, 7) is 2.72. The maximum Gasteiger partial charge on any atom is 0.416 e. The molecule has 1 aromatic heterocycles. The molecule has 2 aliphatic rings. The van der Waals surface area contributed by atoms with E-state index in [1.165, 1.54) is 12.1 Å². The number of benzene rings is 1. The zero-order valence-corrected chi connectivity index (χ0v) is 15.6. The van der Waals surface area contributed by atoms with E-state index in [1.807, 2.05) is 4.90 Å². The van der Waals surface area contributed by atoms with Crippen molar-refractivity contribution >= 4 is 5.91 Å². The van der Waals surface area contributed by atoms with Crippen molar-refractivity contribution in [2.24, 2.45) is 0 Å². The van der Waals surface area contributed by atoms with E-state index in [2.05, 4.69) is 15.5 Å². The van der Waals surface area contributed by atoms with Crippen molar-refractivity contribution in [1.82, 2.24) is 20.4 Å². The van der Waals surface area contributed by atoms with Crippen LogP contribution in [0.3, 0.4) is 0 Å². The fraction of sp³-hybridized carbons (Fsp3) is 0.526. The first kappa shape index (κ1) is 19.8. The van der Waals surface area contributed by atoms with Gasteiger partial charge in [0.05, 0.1) is 24.1 Å². The number of nitrogens with one attached hydrogen (secondary N) is 1. The first-order chi connectivity index (χ1) is 13.9. The van der Waals surface area contributed by atoms with Crippen LogP contribution in [-0.2, 0) is 15.7 Å². The third-order valence-corrected chi connectivity index (χ3v) is 5.11. The second-order valence-corrected chi connectivity index (χ2v) is 7.36. The van der Waals surface area contributed by atoms with Crippen LogP contribution in [0, 0.1) is 0 Å². The third-order valence-electron chi connectivity index (χ3n) is 5.11. The van der Waals surface area contributed by atoms with Crippen molar-refractivity contribution in [2.75, 3.05) is 32.8 Å². The molecule has 0 unspecified atom stereocenters. The monoisotopic (exact) mass is 410 g/mol. The van der Waals surface area contributed by atoms with Gasteiger partial charge >= 0.3 is 6.18 Å². The lowest BCUT2D eigenvalue weighted by Gasteiger charge is -2.36. The highest BCUT2D eigenvalue weighted by atomic mass is 19.4. The lowest BCUT2D eigenvalue weighted by atomic mass is 10.0. The number of hydrogen-bond donors (Lipinski definition) is 1. The van der Waals surface area contributed by atoms with E-state index in [0.717, 1.165) is 31.6 Å². The second kappa shape index (κ2) is 8.11. The maximum absolute atomic E-state index is 12.9. The average molecular weight is 410 g/mol. The van der Waals surface area contributed by atoms with Gasteiger partial charge in [0.15, 0.2) is 0 Å². The van der Waals surface area contributed by atoms with E-state index in [-0.39, 0.29) is 35.9 Å². The molecule has 1 atom stereocenters. The minimum Gasteiger partial charge on any atom is -0.376 e. The highest BCUT2D eigenvalue weighted by Crippen LogP contribution is 2.32. The molecule has 3 heterocycles. The van der Waals surface area contributed by atoms with Crippen LogP contribution in [0.1, 0.15) is 30.2 Å². The summed E-state index contributed by atoms with van der Waals surface area (Å²) >= 11 is 0. The van der Waals surface area contributed by atoms with Crippen LogP contribution in [0.4, 0.5) is 13.2 Å². The minimum absolute atomic E-state index is 0.0342. The quantitative estimate of drug-likeness (QED) is 0.788. The van der Waals surface area contributed by atoms with Gasteiger partial charge in [-0.05, 0) is 25.0 Å². The largest absolute Gasteiger partial charge is 0.416 e. The van der Waals surface area contributed by atoms with Crippen molar-refractivity contribution in [3.05, 3.63) is 35.7 Å². The van der Waals surface area contributed by atoms with Crippen LogP contribution in [-0.4, -0.2) is 59.8 Å². The highest BCUT2D eigenvalue weighted by molar-refractivity contribution is 5.78. The molecule has 1 aromatic carbocycles. The molecule has 7 nitrogen and oxygen atoms in total. The van der Waals surface area contributed by atoms with Gasteiger partial charge in [0.2, 0.25) is 17.6 Å². The normalized spacial score (nSPS) is 20.6. The van der Waals surface area contributed by atoms with Crippen LogP contribution in [0.25, 0.3) is 11.4 Å². The number of aromatic nitrogens is 2. The molecular formula is C19H21F3N4O3. The van der Waals surface area contributed by atoms with Gasteiger partial charge in [-0.2, -0.15) is 18.2 Å². The number of carbonyl (C=O) groups excluding carboxylic acids is 1. The first-order valence-electron chi connectivity index (χ1n) is 9.50. The lowest BCUT2D eigenvalue weighted by Crippen LogP contribution is -2.50. The highest BCUT2D eigenvalue weighted by Gasteiger charge is 2.34. The van der Waals surface area contributed by atoms with Crippen LogP contribution in [0.5, 0.6) is 0 Å². The Hall–Kier alpha value is -2.46. The van der Waals surface area contributed by atoms with Crippen LogP contribution < -0.4 is 5.32 Å². The summed E-state index contributed by atoms with van der Waals surface area (Å²) in [6.07, 6.45) is -2.32. The zero-order chi connectivity index (χ0) is 20.4. The number of hydrogen-bond acceptors (Lipinski definition) is 6. The average Bonchev–Trinajstić information content (AvgIpc) is 3.34. The number of halogens is 3. The summed E-state index contributed by atoms with van der Waals surface area (Å²) in [5, 5.41) is 6.68. The van der Waals surface area contributed by atoms with Gasteiger partial charge in [-0.25, -0.2) is 0 Å². The number of likely N-dealkylation sites (tertiary alicyclic amines) is 1. The topological polar surface area (TPSA) is 80.5 Å². The number of rotatable bonds is 6. The van der Waals surface area contributed by atoms with E-state index in [9.17, 15) is 18.0 Å². The van der Waals surface area contributed by atoms with Crippen LogP contribution in [0.15, 0.2) is 28.8 Å². The maximum atomic E-state index is 12.9. The molecule has 1 amide bonds. The molecule has 0 spiro atoms. The molecule has 1 N–H and O–H groups in total. The molecule has 0 saturated carbocycles. The van der Waals surface area contributed by atoms with Gasteiger partial charge in [-0.3, -0.25) is 9.69 Å². The summed E-state index contributed by atoms with van der Waals surface area (Å²) < 4.78 is 49.3. The van der Waals surface area contributed by atoms with E-state index in [0.29, 0.717) is 25.5 Å². The predicted molar refractivity (Wildman–Crippen MR) is 95.9 cm³/mol. The Morgan fingerprint density at radius 2 is 2.14 bits per heavy atom. The number of ether oxygens (including phenoxy) is 1. The van der Waals surface area contributed by atoms with Crippen molar-refractivity contribution in [3.63, 3.8) is 0 Å². The molecular weight excluding hydrogens is 389 g/mol. The Bertz CT molecular complexity index is 858. The third kappa shape index (κ3) is 4.76. The van der Waals surface area contributed by atoms with Gasteiger partial charge < -0.3 is 14.6 Å². The van der Waals surface area contributed by atoms with Crippen molar-refractivity contribution in [1.29, 1.82) is 0 Å². The number of amides is 1. The molecule has 2 aliphatic heterocycles. The van der Waals surface area contributed by atoms with Gasteiger partial charge in [-0.1, -0.05) is 17.3 Å². The summed E-state index contributed by atoms with van der Waals surface area (Å²) in [4.78, 5) is 18.2. The molecule has 29 heavy (non-hydrogen) atoms. The van der Waals surface area contributed by atoms with E-state index in [4.69, 9.17) is 9.26 Å². The first-order valence-corrected chi connectivity index (χ1v) is 9.50. The van der Waals surface area contributed by atoms with Gasteiger partial charge in [0.25, 0.3) is 0 Å². The Balaban J connectivity index is 1.27. The summed E-state index contributed by atoms with van der Waals surface area (Å²) in [5.74, 6) is 0.398. The van der Waals surface area contributed by atoms with Crippen molar-refractivity contribution in [2.45, 2.75) is 31.0 Å². The number of carbonyl (C=O) groups is 1. The molecule has 0 radical (unpaired) electrons. The van der Waals surface area contributed by atoms with E-state index < -0.39 is 11.7 Å². The molecule has 2 aromatic rings. The second-order valence-electron chi connectivity index (χ2n) is 7.36. The molecule has 2 fully saturated rings. The van der Waals surface area contributed by atoms with Gasteiger partial charge in [0.1, 0.15) is 0 Å². The SMILES string of the molecule is O=C(CN1CC(c2nc(-c3cccc(C(F)(F)F)c3)no2)C1)NC[C@@H]1CCCO1. The fourth-order valence-electron chi connectivity index (χ4n) is 3.50. The van der Waals surface area contributed by atoms with Crippen molar-refractivity contribution < 1.29 is 27.2 Å². The minimum atomic E-state index is -4.43. The van der Waals surface area contributed by atoms with Gasteiger partial charge in [0, 0.05) is 31.8 Å². The molecule has 10 heteroatoms. The van der Waals surface area contributed by atoms with Crippen LogP contribution >= 0.6 is 0 Å². The molecule has 4 rings (SSSR count). The van der Waals surface area contributed by atoms with E-state index in [1.54, 1.807) is 0 Å². The molecule has 0 aliphatic carbocycles. The standard InChI is InChI=1S/C19H21F3N4O3/c20-19(21,22)14-4-1-3-12(7-14)17-24-18(29-25-17)13-9-26(10-13)11-16(27)23-8-15-5-2-6-28-15/h1,3-4,7,13,15H,2,5-6,8-11H2,(H,23,27)/t15-/m0/s1. The zero-order valence-electron chi connectivity index (χ0n) is 15.6. The molecule has 2 saturated heterocycles. The van der Waals surface area contributed by atoms with Crippen molar-refractivity contribution in [3.8, 4) is 11.4 Å². The fourth-order valence-corrected chi connectivity index (χ4v) is 3.50. The molecule has 0 bridgehead atoms. The Morgan fingerprint density at radius 1 is 1.31 bits per heavy atom. The lowest BCUT2D eigenvalue weighted by molar-refractivity contribution is -0.137. The van der Waals surface area contributed by atoms with Gasteiger partial charge in [-0.15, -0.1) is 0 Å². The summed E-state index contributed by atoms with van der Waals surface area (Å²) in [7, 11) is 0. The summed E-state index contributed by atoms with van der Waals surface area (Å²) in [6, 6.07) is 4.82. The number of alkyl halides is 3. The Kier molecular flexibility index (Phi) is 5.55. The smallest absolute Gasteiger partial charge is 0.376 e. The predicted octanol–water partition coefficient (Wildman–Crippen LogP) is 2.45. The summed E-state index contributed by atoms with van der Waals surface area (Å²) in [5.41, 5.74) is -0.510.